The smallest absolute Gasteiger partial charge is 0.239 e. The van der Waals surface area contributed by atoms with Crippen molar-refractivity contribution in [2.45, 2.75) is 62.2 Å². The highest BCUT2D eigenvalue weighted by Crippen LogP contribution is 2.40. The Morgan fingerprint density at radius 3 is 2.22 bits per heavy atom. The maximum atomic E-state index is 13.9. The molecule has 5 rings (SSSR count). The van der Waals surface area contributed by atoms with E-state index in [4.69, 9.17) is 23.4 Å². The van der Waals surface area contributed by atoms with Crippen molar-refractivity contribution in [3.05, 3.63) is 40.6 Å². The molecule has 0 aliphatic carbocycles. The highest BCUT2D eigenvalue weighted by atomic mass is 16.7. The minimum absolute atomic E-state index is 0.00274. The monoisotopic (exact) mass is 580 g/mol. The van der Waals surface area contributed by atoms with Gasteiger partial charge in [0.1, 0.15) is 59.1 Å². The van der Waals surface area contributed by atoms with Gasteiger partial charge in [-0.05, 0) is 25.1 Å². The molecule has 0 spiro atoms. The molecule has 9 N–H and O–H groups in total. The van der Waals surface area contributed by atoms with Crippen LogP contribution in [0.4, 0.5) is 0 Å². The molecule has 9 unspecified atom stereocenters. The molecule has 15 heteroatoms. The van der Waals surface area contributed by atoms with Gasteiger partial charge in [-0.15, -0.1) is 0 Å². The van der Waals surface area contributed by atoms with Crippen LogP contribution in [0.1, 0.15) is 6.92 Å². The second-order valence-corrected chi connectivity index (χ2v) is 9.78. The fourth-order valence-corrected chi connectivity index (χ4v) is 4.54. The molecule has 2 saturated heterocycles. The summed E-state index contributed by atoms with van der Waals surface area (Å²) in [6.45, 7) is 0.958. The molecular weight excluding hydrogens is 552 g/mol. The summed E-state index contributed by atoms with van der Waals surface area (Å²) >= 11 is 0. The number of phenolic OH excluding ortho intramolecular Hbond substituents is 3. The predicted molar refractivity (Wildman–Crippen MR) is 134 cm³/mol. The Labute approximate surface area is 230 Å². The van der Waals surface area contributed by atoms with E-state index in [1.54, 1.807) is 0 Å². The number of hydrogen-bond donors (Lipinski definition) is 9. The Hall–Kier alpha value is -3.67. The zero-order valence-electron chi connectivity index (χ0n) is 21.3. The lowest BCUT2D eigenvalue weighted by molar-refractivity contribution is -0.267. The quantitative estimate of drug-likeness (QED) is 0.157. The number of rotatable bonds is 5. The van der Waals surface area contributed by atoms with Crippen molar-refractivity contribution in [3.8, 4) is 40.1 Å². The van der Waals surface area contributed by atoms with Crippen molar-refractivity contribution in [2.24, 2.45) is 0 Å². The maximum absolute atomic E-state index is 13.9. The number of benzene rings is 2. The lowest BCUT2D eigenvalue weighted by atomic mass is 10.00. The van der Waals surface area contributed by atoms with Gasteiger partial charge in [-0.25, -0.2) is 0 Å². The Morgan fingerprint density at radius 1 is 0.805 bits per heavy atom. The first-order valence-electron chi connectivity index (χ1n) is 12.4. The number of hydrogen-bond acceptors (Lipinski definition) is 15. The summed E-state index contributed by atoms with van der Waals surface area (Å²) in [7, 11) is 0. The third-order valence-corrected chi connectivity index (χ3v) is 6.88. The van der Waals surface area contributed by atoms with Crippen LogP contribution in [0, 0.1) is 0 Å². The van der Waals surface area contributed by atoms with Gasteiger partial charge in [0.2, 0.25) is 23.8 Å². The van der Waals surface area contributed by atoms with Crippen molar-refractivity contribution < 1.29 is 69.3 Å². The van der Waals surface area contributed by atoms with Crippen LogP contribution < -0.4 is 14.9 Å². The first-order chi connectivity index (χ1) is 19.4. The fourth-order valence-electron chi connectivity index (χ4n) is 4.54. The molecule has 41 heavy (non-hydrogen) atoms. The van der Waals surface area contributed by atoms with Crippen LogP contribution in [0.15, 0.2) is 39.5 Å². The Morgan fingerprint density at radius 2 is 1.51 bits per heavy atom. The lowest BCUT2D eigenvalue weighted by Gasteiger charge is -2.39. The summed E-state index contributed by atoms with van der Waals surface area (Å²) < 4.78 is 27.9. The molecule has 2 fully saturated rings. The Bertz CT molecular complexity index is 1490. The van der Waals surface area contributed by atoms with Crippen molar-refractivity contribution in [1.82, 2.24) is 0 Å². The molecule has 0 radical (unpaired) electrons. The zero-order valence-corrected chi connectivity index (χ0v) is 21.3. The number of aromatic hydroxyl groups is 3. The summed E-state index contributed by atoms with van der Waals surface area (Å²) in [5, 5.41) is 90.6. The van der Waals surface area contributed by atoms with E-state index in [9.17, 15) is 50.8 Å². The van der Waals surface area contributed by atoms with E-state index in [1.807, 2.05) is 0 Å². The summed E-state index contributed by atoms with van der Waals surface area (Å²) in [6, 6.07) is 5.47. The van der Waals surface area contributed by atoms with Crippen LogP contribution in [-0.2, 0) is 9.47 Å². The summed E-state index contributed by atoms with van der Waals surface area (Å²) in [5.41, 5.74) is -1.25. The van der Waals surface area contributed by atoms with Gasteiger partial charge >= 0.3 is 0 Å². The molecule has 15 nitrogen and oxygen atoms in total. The summed E-state index contributed by atoms with van der Waals surface area (Å²) in [6.07, 6.45) is -14.1. The molecule has 2 aliphatic rings. The Balaban J connectivity index is 1.66. The normalized spacial score (nSPS) is 32.1. The van der Waals surface area contributed by atoms with E-state index in [1.165, 1.54) is 13.0 Å². The van der Waals surface area contributed by atoms with Crippen molar-refractivity contribution in [1.29, 1.82) is 0 Å². The first-order valence-corrected chi connectivity index (χ1v) is 12.4. The van der Waals surface area contributed by atoms with Crippen LogP contribution in [0.25, 0.3) is 22.3 Å². The van der Waals surface area contributed by atoms with Crippen molar-refractivity contribution in [2.75, 3.05) is 6.61 Å². The number of aliphatic hydroxyl groups excluding tert-OH is 6. The van der Waals surface area contributed by atoms with Crippen LogP contribution in [0.5, 0.6) is 28.7 Å². The minimum Gasteiger partial charge on any atom is -0.508 e. The second kappa shape index (κ2) is 11.0. The molecule has 2 aliphatic heterocycles. The first kappa shape index (κ1) is 28.8. The SMILES string of the molecule is CC1OC(Oc2cc(O)cc3oc(-c4ccc(O)c(O)c4)c(OC4OCC(O)C(O)C4O)c(=O)c23)C(O)C(O)C1O. The molecule has 222 valence electrons. The average Bonchev–Trinajstić information content (AvgIpc) is 2.93. The highest BCUT2D eigenvalue weighted by Gasteiger charge is 2.44. The van der Waals surface area contributed by atoms with Crippen molar-refractivity contribution >= 4 is 11.0 Å². The van der Waals surface area contributed by atoms with Gasteiger partial charge in [0.05, 0.1) is 12.7 Å². The van der Waals surface area contributed by atoms with Crippen LogP contribution >= 0.6 is 0 Å². The fraction of sp³-hybridized carbons (Fsp3) is 0.423. The van der Waals surface area contributed by atoms with Gasteiger partial charge in [0, 0.05) is 17.7 Å². The standard InChI is InChI=1S/C26H28O15/c1-8-17(31)20(34)22(36)26(38-8)40-15-6-10(27)5-14-16(15)19(33)24(41-25-21(35)18(32)13(30)7-37-25)23(39-14)9-2-3-11(28)12(29)4-9/h2-6,8,13,17-18,20-22,25-32,34-36H,7H2,1H3. The molecule has 3 aromatic rings. The predicted octanol–water partition coefficient (Wildman–Crippen LogP) is -1.40. The van der Waals surface area contributed by atoms with Crippen molar-refractivity contribution in [3.63, 3.8) is 0 Å². The molecule has 0 amide bonds. The largest absolute Gasteiger partial charge is 0.508 e. The average molecular weight is 580 g/mol. The number of ether oxygens (including phenoxy) is 4. The van der Waals surface area contributed by atoms with Gasteiger partial charge < -0.3 is 69.3 Å². The molecule has 3 heterocycles. The van der Waals surface area contributed by atoms with Crippen LogP contribution in [-0.4, -0.2) is 108 Å². The zero-order chi connectivity index (χ0) is 29.7. The minimum atomic E-state index is -1.81. The van der Waals surface area contributed by atoms with Gasteiger partial charge in [-0.2, -0.15) is 0 Å². The molecule has 9 atom stereocenters. The molecule has 1 aromatic heterocycles. The van der Waals surface area contributed by atoms with Gasteiger partial charge in [0.25, 0.3) is 0 Å². The van der Waals surface area contributed by atoms with E-state index in [0.717, 1.165) is 24.3 Å². The van der Waals surface area contributed by atoms with Crippen LogP contribution in [0.3, 0.4) is 0 Å². The lowest BCUT2D eigenvalue weighted by Crippen LogP contribution is -2.58. The topological polar surface area (TPSA) is 249 Å². The number of fused-ring (bicyclic) bond motifs is 1. The number of phenols is 3. The van der Waals surface area contributed by atoms with Gasteiger partial charge in [-0.1, -0.05) is 0 Å². The second-order valence-electron chi connectivity index (χ2n) is 9.78. The maximum Gasteiger partial charge on any atom is 0.239 e. The molecule has 2 aromatic carbocycles. The van der Waals surface area contributed by atoms with E-state index in [2.05, 4.69) is 0 Å². The van der Waals surface area contributed by atoms with Gasteiger partial charge in [0.15, 0.2) is 17.3 Å². The number of aliphatic hydroxyl groups is 6. The van der Waals surface area contributed by atoms with Crippen LogP contribution in [0.2, 0.25) is 0 Å². The third-order valence-electron chi connectivity index (χ3n) is 6.88. The third kappa shape index (κ3) is 5.25. The van der Waals surface area contributed by atoms with E-state index in [0.29, 0.717) is 0 Å². The molecule has 0 saturated carbocycles. The Kier molecular flexibility index (Phi) is 7.71. The van der Waals surface area contributed by atoms with E-state index >= 15 is 0 Å². The summed E-state index contributed by atoms with van der Waals surface area (Å²) in [4.78, 5) is 13.9. The molecule has 0 bridgehead atoms. The van der Waals surface area contributed by atoms with E-state index in [-0.39, 0.29) is 28.0 Å². The van der Waals surface area contributed by atoms with Gasteiger partial charge in [-0.3, -0.25) is 4.79 Å². The van der Waals surface area contributed by atoms with E-state index < -0.39 is 90.3 Å². The molecular formula is C26H28O15. The highest BCUT2D eigenvalue weighted by molar-refractivity contribution is 5.88. The summed E-state index contributed by atoms with van der Waals surface area (Å²) in [5.74, 6) is -2.89.